The fourth-order valence-corrected chi connectivity index (χ4v) is 5.52. The lowest BCUT2D eigenvalue weighted by Gasteiger charge is -2.36. The van der Waals surface area contributed by atoms with Crippen LogP contribution in [0.1, 0.15) is 60.3 Å². The highest BCUT2D eigenvalue weighted by Gasteiger charge is 2.33. The molecule has 4 aromatic rings. The van der Waals surface area contributed by atoms with Gasteiger partial charge in [-0.1, -0.05) is 83.9 Å². The van der Waals surface area contributed by atoms with Gasteiger partial charge in [0.05, 0.1) is 31.7 Å². The Morgan fingerprint density at radius 1 is 0.911 bits per heavy atom. The molecule has 3 unspecified atom stereocenters. The van der Waals surface area contributed by atoms with Crippen LogP contribution in [0.5, 0.6) is 0 Å². The molecule has 3 aromatic carbocycles. The minimum atomic E-state index is -0.667. The van der Waals surface area contributed by atoms with Gasteiger partial charge < -0.3 is 24.5 Å². The number of carbonyl (C=O) groups is 2. The standard InChI is InChI=1S/C33H34Cl2N4O6/c34-31-32(35)39(20-37-31)18-27-16-28(23-12-10-21(19-40)11-13-23)45-33(44-27)26-7-2-6-25(15-26)24-5-1-4-22(14-24)17-36-29(41)8-3-9-30(42)38-43/h1-2,4-7,10-15,20,27-28,33,40,43H,3,8-9,16-19H2,(H,36,41)(H,38,42). The number of hydrogen-bond donors (Lipinski definition) is 4. The minimum Gasteiger partial charge on any atom is -0.392 e. The first-order chi connectivity index (χ1) is 21.8. The third-order valence-corrected chi connectivity index (χ3v) is 8.36. The van der Waals surface area contributed by atoms with Crippen LogP contribution < -0.4 is 10.8 Å². The fraction of sp³-hybridized carbons (Fsp3) is 0.303. The van der Waals surface area contributed by atoms with Gasteiger partial charge in [-0.15, -0.1) is 0 Å². The van der Waals surface area contributed by atoms with Crippen LogP contribution in [0, 0.1) is 0 Å². The zero-order valence-electron chi connectivity index (χ0n) is 24.4. The van der Waals surface area contributed by atoms with Gasteiger partial charge in [0.1, 0.15) is 5.15 Å². The molecule has 236 valence electrons. The van der Waals surface area contributed by atoms with E-state index < -0.39 is 12.2 Å². The zero-order valence-corrected chi connectivity index (χ0v) is 25.9. The minimum absolute atomic E-state index is 0.0358. The van der Waals surface area contributed by atoms with Gasteiger partial charge in [-0.3, -0.25) is 14.8 Å². The van der Waals surface area contributed by atoms with Gasteiger partial charge in [-0.25, -0.2) is 10.5 Å². The third kappa shape index (κ3) is 8.70. The molecular weight excluding hydrogens is 619 g/mol. The van der Waals surface area contributed by atoms with E-state index in [1.807, 2.05) is 72.8 Å². The number of carbonyl (C=O) groups excluding carboxylic acids is 2. The van der Waals surface area contributed by atoms with Crippen molar-refractivity contribution < 1.29 is 29.4 Å². The van der Waals surface area contributed by atoms with Crippen LogP contribution in [0.2, 0.25) is 10.3 Å². The van der Waals surface area contributed by atoms with E-state index in [-0.39, 0.29) is 42.7 Å². The Hall–Kier alpha value is -3.77. The number of ether oxygens (including phenoxy) is 2. The third-order valence-electron chi connectivity index (χ3n) is 7.59. The molecule has 3 atom stereocenters. The molecule has 1 saturated heterocycles. The van der Waals surface area contributed by atoms with Crippen molar-refractivity contribution in [1.82, 2.24) is 20.3 Å². The molecule has 0 radical (unpaired) electrons. The maximum Gasteiger partial charge on any atom is 0.243 e. The number of halogens is 2. The second-order valence-corrected chi connectivity index (χ2v) is 11.5. The zero-order chi connectivity index (χ0) is 31.8. The van der Waals surface area contributed by atoms with E-state index in [9.17, 15) is 14.7 Å². The fourth-order valence-electron chi connectivity index (χ4n) is 5.20. The van der Waals surface area contributed by atoms with Crippen LogP contribution in [0.3, 0.4) is 0 Å². The molecule has 12 heteroatoms. The first kappa shape index (κ1) is 32.6. The Morgan fingerprint density at radius 2 is 1.64 bits per heavy atom. The van der Waals surface area contributed by atoms with Crippen molar-refractivity contribution in [2.45, 2.75) is 63.9 Å². The number of hydroxylamine groups is 1. The van der Waals surface area contributed by atoms with Crippen LogP contribution in [-0.2, 0) is 38.8 Å². The Kier molecular flexibility index (Phi) is 11.2. The Balaban J connectivity index is 1.31. The molecule has 0 saturated carbocycles. The summed E-state index contributed by atoms with van der Waals surface area (Å²) < 4.78 is 14.7. The average molecular weight is 654 g/mol. The molecule has 1 aromatic heterocycles. The molecule has 0 bridgehead atoms. The molecule has 1 aliphatic heterocycles. The molecule has 4 N–H and O–H groups in total. The first-order valence-corrected chi connectivity index (χ1v) is 15.3. The molecular formula is C33H34Cl2N4O6. The van der Waals surface area contributed by atoms with Gasteiger partial charge in [-0.2, -0.15) is 0 Å². The van der Waals surface area contributed by atoms with Crippen molar-refractivity contribution in [2.75, 3.05) is 0 Å². The summed E-state index contributed by atoms with van der Waals surface area (Å²) in [4.78, 5) is 27.5. The highest BCUT2D eigenvalue weighted by Crippen LogP contribution is 2.39. The number of benzene rings is 3. The maximum atomic E-state index is 12.2. The number of imidazole rings is 1. The summed E-state index contributed by atoms with van der Waals surface area (Å²) in [5.74, 6) is -0.689. The number of hydrogen-bond acceptors (Lipinski definition) is 7. The quantitative estimate of drug-likeness (QED) is 0.111. The number of nitrogens with zero attached hydrogens (tertiary/aromatic N) is 2. The molecule has 0 aliphatic carbocycles. The topological polar surface area (TPSA) is 135 Å². The van der Waals surface area contributed by atoms with Gasteiger partial charge in [0.2, 0.25) is 11.8 Å². The van der Waals surface area contributed by atoms with Crippen molar-refractivity contribution in [3.8, 4) is 11.1 Å². The number of nitrogens with one attached hydrogen (secondary N) is 2. The van der Waals surface area contributed by atoms with E-state index in [1.165, 1.54) is 0 Å². The highest BCUT2D eigenvalue weighted by molar-refractivity contribution is 6.40. The summed E-state index contributed by atoms with van der Waals surface area (Å²) in [6.45, 7) is 0.740. The molecule has 5 rings (SSSR count). The van der Waals surface area contributed by atoms with E-state index in [4.69, 9.17) is 37.9 Å². The number of amides is 2. The van der Waals surface area contributed by atoms with Gasteiger partial charge in [-0.05, 0) is 46.4 Å². The second-order valence-electron chi connectivity index (χ2n) is 10.8. The first-order valence-electron chi connectivity index (χ1n) is 14.6. The van der Waals surface area contributed by atoms with Gasteiger partial charge in [0.15, 0.2) is 11.4 Å². The number of rotatable bonds is 12. The van der Waals surface area contributed by atoms with Crippen molar-refractivity contribution in [3.05, 3.63) is 112 Å². The average Bonchev–Trinajstić information content (AvgIpc) is 3.39. The summed E-state index contributed by atoms with van der Waals surface area (Å²) in [6, 6.07) is 23.5. The second kappa shape index (κ2) is 15.5. The molecule has 2 heterocycles. The predicted molar refractivity (Wildman–Crippen MR) is 168 cm³/mol. The van der Waals surface area contributed by atoms with Crippen molar-refractivity contribution in [3.63, 3.8) is 0 Å². The maximum absolute atomic E-state index is 12.2. The summed E-state index contributed by atoms with van der Waals surface area (Å²) in [5, 5.41) is 21.5. The molecule has 2 amide bonds. The van der Waals surface area contributed by atoms with Gasteiger partial charge >= 0.3 is 0 Å². The SMILES string of the molecule is O=C(CCCC(=O)NCc1cccc(-c2cccc(C3OC(Cn4cnc(Cl)c4Cl)CC(c4ccc(CO)cc4)O3)c2)c1)NO. The predicted octanol–water partition coefficient (Wildman–Crippen LogP) is 5.89. The Labute approximate surface area is 270 Å². The van der Waals surface area contributed by atoms with Crippen LogP contribution in [0.25, 0.3) is 11.1 Å². The molecule has 45 heavy (non-hydrogen) atoms. The van der Waals surface area contributed by atoms with Crippen LogP contribution in [0.15, 0.2) is 79.1 Å². The molecule has 0 spiro atoms. The smallest absolute Gasteiger partial charge is 0.243 e. The monoisotopic (exact) mass is 652 g/mol. The van der Waals surface area contributed by atoms with Gasteiger partial charge in [0.25, 0.3) is 0 Å². The van der Waals surface area contributed by atoms with Crippen LogP contribution >= 0.6 is 23.2 Å². The lowest BCUT2D eigenvalue weighted by molar-refractivity contribution is -0.252. The molecule has 1 fully saturated rings. The lowest BCUT2D eigenvalue weighted by Crippen LogP contribution is -2.32. The number of aromatic nitrogens is 2. The van der Waals surface area contributed by atoms with Crippen LogP contribution in [0.4, 0.5) is 0 Å². The summed E-state index contributed by atoms with van der Waals surface area (Å²) in [5.41, 5.74) is 7.05. The Morgan fingerprint density at radius 3 is 2.36 bits per heavy atom. The molecule has 1 aliphatic rings. The number of aliphatic hydroxyl groups is 1. The van der Waals surface area contributed by atoms with Crippen molar-refractivity contribution in [2.24, 2.45) is 0 Å². The van der Waals surface area contributed by atoms with E-state index in [1.54, 1.807) is 16.4 Å². The summed E-state index contributed by atoms with van der Waals surface area (Å²) in [6.07, 6.45) is 1.57. The van der Waals surface area contributed by atoms with E-state index >= 15 is 0 Å². The summed E-state index contributed by atoms with van der Waals surface area (Å²) >= 11 is 12.5. The van der Waals surface area contributed by atoms with E-state index in [2.05, 4.69) is 10.3 Å². The van der Waals surface area contributed by atoms with Crippen molar-refractivity contribution in [1.29, 1.82) is 0 Å². The largest absolute Gasteiger partial charge is 0.392 e. The number of aliphatic hydroxyl groups excluding tert-OH is 1. The highest BCUT2D eigenvalue weighted by atomic mass is 35.5. The molecule has 10 nitrogen and oxygen atoms in total. The van der Waals surface area contributed by atoms with E-state index in [0.29, 0.717) is 31.1 Å². The Bertz CT molecular complexity index is 1610. The lowest BCUT2D eigenvalue weighted by atomic mass is 9.98. The summed E-state index contributed by atoms with van der Waals surface area (Å²) in [7, 11) is 0. The van der Waals surface area contributed by atoms with Crippen molar-refractivity contribution >= 4 is 35.0 Å². The van der Waals surface area contributed by atoms with E-state index in [0.717, 1.165) is 33.4 Å². The van der Waals surface area contributed by atoms with Gasteiger partial charge in [0, 0.05) is 31.4 Å². The normalized spacial score (nSPS) is 18.0. The van der Waals surface area contributed by atoms with Crippen LogP contribution in [-0.4, -0.2) is 37.8 Å².